The van der Waals surface area contributed by atoms with Crippen molar-refractivity contribution in [3.8, 4) is 0 Å². The second kappa shape index (κ2) is 5.63. The van der Waals surface area contributed by atoms with Gasteiger partial charge in [0.1, 0.15) is 0 Å². The molecular formula is C15H21BrN2O. The van der Waals surface area contributed by atoms with Gasteiger partial charge in [-0.1, -0.05) is 22.9 Å². The van der Waals surface area contributed by atoms with Gasteiger partial charge >= 0.3 is 0 Å². The minimum absolute atomic E-state index is 0.128. The standard InChI is InChI=1S/C15H21BrN2O/c1-10-8-18(9-15(10)17(3)4)14-7-12(16)5-6-13(14)11(2)19/h5-7,10,15H,8-9H2,1-4H3. The predicted molar refractivity (Wildman–Crippen MR) is 83.0 cm³/mol. The molecule has 2 unspecified atom stereocenters. The van der Waals surface area contributed by atoms with E-state index in [9.17, 15) is 4.79 Å². The molecule has 0 aromatic heterocycles. The van der Waals surface area contributed by atoms with Gasteiger partial charge in [0.05, 0.1) is 0 Å². The Labute approximate surface area is 123 Å². The summed E-state index contributed by atoms with van der Waals surface area (Å²) in [5.41, 5.74) is 1.87. The van der Waals surface area contributed by atoms with E-state index in [1.165, 1.54) is 0 Å². The Balaban J connectivity index is 2.33. The zero-order chi connectivity index (χ0) is 14.2. The highest BCUT2D eigenvalue weighted by molar-refractivity contribution is 9.10. The number of benzene rings is 1. The summed E-state index contributed by atoms with van der Waals surface area (Å²) >= 11 is 3.50. The summed E-state index contributed by atoms with van der Waals surface area (Å²) in [5.74, 6) is 0.734. The molecule has 0 N–H and O–H groups in total. The van der Waals surface area contributed by atoms with E-state index < -0.39 is 0 Å². The fourth-order valence-electron chi connectivity index (χ4n) is 2.88. The van der Waals surface area contributed by atoms with Crippen molar-refractivity contribution in [3.63, 3.8) is 0 Å². The molecule has 0 bridgehead atoms. The first kappa shape index (κ1) is 14.5. The summed E-state index contributed by atoms with van der Waals surface area (Å²) in [6, 6.07) is 6.44. The van der Waals surface area contributed by atoms with Gasteiger partial charge in [-0.15, -0.1) is 0 Å². The molecule has 1 heterocycles. The average molecular weight is 325 g/mol. The van der Waals surface area contributed by atoms with Crippen LogP contribution in [0.25, 0.3) is 0 Å². The lowest BCUT2D eigenvalue weighted by Crippen LogP contribution is -2.34. The third-order valence-corrected chi connectivity index (χ3v) is 4.41. The van der Waals surface area contributed by atoms with E-state index in [1.807, 2.05) is 12.1 Å². The highest BCUT2D eigenvalue weighted by atomic mass is 79.9. The zero-order valence-electron chi connectivity index (χ0n) is 12.0. The molecule has 1 saturated heterocycles. The van der Waals surface area contributed by atoms with Crippen molar-refractivity contribution in [2.45, 2.75) is 19.9 Å². The first-order chi connectivity index (χ1) is 8.90. The van der Waals surface area contributed by atoms with Crippen molar-refractivity contribution in [3.05, 3.63) is 28.2 Å². The lowest BCUT2D eigenvalue weighted by Gasteiger charge is -2.24. The zero-order valence-corrected chi connectivity index (χ0v) is 13.6. The molecule has 0 spiro atoms. The number of ketones is 1. The molecule has 0 saturated carbocycles. The van der Waals surface area contributed by atoms with Gasteiger partial charge in [0.2, 0.25) is 0 Å². The van der Waals surface area contributed by atoms with Gasteiger partial charge in [-0.3, -0.25) is 4.79 Å². The van der Waals surface area contributed by atoms with E-state index in [2.05, 4.69) is 52.8 Å². The smallest absolute Gasteiger partial charge is 0.161 e. The minimum atomic E-state index is 0.128. The number of carbonyl (C=O) groups is 1. The number of nitrogens with zero attached hydrogens (tertiary/aromatic N) is 2. The molecule has 0 amide bonds. The largest absolute Gasteiger partial charge is 0.369 e. The van der Waals surface area contributed by atoms with Crippen molar-refractivity contribution < 1.29 is 4.79 Å². The Bertz CT molecular complexity index is 487. The van der Waals surface area contributed by atoms with E-state index in [-0.39, 0.29) is 5.78 Å². The highest BCUT2D eigenvalue weighted by Crippen LogP contribution is 2.31. The number of rotatable bonds is 3. The summed E-state index contributed by atoms with van der Waals surface area (Å²) in [7, 11) is 4.24. The van der Waals surface area contributed by atoms with Gasteiger partial charge in [-0.05, 0) is 45.1 Å². The SMILES string of the molecule is CC(=O)c1ccc(Br)cc1N1CC(C)C(N(C)C)C1. The molecule has 19 heavy (non-hydrogen) atoms. The van der Waals surface area contributed by atoms with Crippen molar-refractivity contribution in [2.24, 2.45) is 5.92 Å². The van der Waals surface area contributed by atoms with Crippen LogP contribution in [-0.2, 0) is 0 Å². The van der Waals surface area contributed by atoms with E-state index in [0.717, 1.165) is 28.8 Å². The van der Waals surface area contributed by atoms with Gasteiger partial charge in [-0.2, -0.15) is 0 Å². The molecule has 1 aliphatic rings. The molecule has 1 aromatic carbocycles. The van der Waals surface area contributed by atoms with Crippen LogP contribution in [0.4, 0.5) is 5.69 Å². The fourth-order valence-corrected chi connectivity index (χ4v) is 3.23. The lowest BCUT2D eigenvalue weighted by atomic mass is 10.1. The van der Waals surface area contributed by atoms with Crippen LogP contribution in [-0.4, -0.2) is 43.9 Å². The van der Waals surface area contributed by atoms with Gasteiger partial charge in [-0.25, -0.2) is 0 Å². The van der Waals surface area contributed by atoms with E-state index in [1.54, 1.807) is 6.92 Å². The second-order valence-corrected chi connectivity index (χ2v) is 6.55. The predicted octanol–water partition coefficient (Wildman–Crippen LogP) is 3.04. The molecule has 2 atom stereocenters. The number of anilines is 1. The molecule has 1 aliphatic heterocycles. The molecule has 104 valence electrons. The van der Waals surface area contributed by atoms with E-state index in [0.29, 0.717) is 12.0 Å². The number of carbonyl (C=O) groups excluding carboxylic acids is 1. The topological polar surface area (TPSA) is 23.6 Å². The first-order valence-corrected chi connectivity index (χ1v) is 7.41. The summed E-state index contributed by atoms with van der Waals surface area (Å²) < 4.78 is 1.02. The van der Waals surface area contributed by atoms with Crippen molar-refractivity contribution in [1.29, 1.82) is 0 Å². The second-order valence-electron chi connectivity index (χ2n) is 5.63. The van der Waals surface area contributed by atoms with Crippen LogP contribution in [0, 0.1) is 5.92 Å². The van der Waals surface area contributed by atoms with E-state index in [4.69, 9.17) is 0 Å². The van der Waals surface area contributed by atoms with Crippen molar-refractivity contribution >= 4 is 27.4 Å². The number of Topliss-reactive ketones (excluding diaryl/α,β-unsaturated/α-hetero) is 1. The van der Waals surface area contributed by atoms with Crippen LogP contribution in [0.3, 0.4) is 0 Å². The Morgan fingerprint density at radius 3 is 2.58 bits per heavy atom. The molecule has 1 aromatic rings. The number of hydrogen-bond acceptors (Lipinski definition) is 3. The molecule has 2 rings (SSSR count). The highest BCUT2D eigenvalue weighted by Gasteiger charge is 2.32. The monoisotopic (exact) mass is 324 g/mol. The summed E-state index contributed by atoms with van der Waals surface area (Å²) in [5, 5.41) is 0. The number of likely N-dealkylation sites (N-methyl/N-ethyl adjacent to an activating group) is 1. The van der Waals surface area contributed by atoms with Crippen molar-refractivity contribution in [2.75, 3.05) is 32.1 Å². The number of halogens is 1. The van der Waals surface area contributed by atoms with Gasteiger partial charge in [0, 0.05) is 34.9 Å². The quantitative estimate of drug-likeness (QED) is 0.798. The summed E-state index contributed by atoms with van der Waals surface area (Å²) in [4.78, 5) is 16.4. The molecule has 3 nitrogen and oxygen atoms in total. The van der Waals surface area contributed by atoms with Crippen LogP contribution < -0.4 is 4.90 Å². The summed E-state index contributed by atoms with van der Waals surface area (Å²) in [6.45, 7) is 5.89. The molecule has 0 radical (unpaired) electrons. The van der Waals surface area contributed by atoms with Crippen LogP contribution in [0.2, 0.25) is 0 Å². The fraction of sp³-hybridized carbons (Fsp3) is 0.533. The van der Waals surface area contributed by atoms with Crippen LogP contribution in [0.1, 0.15) is 24.2 Å². The molecule has 4 heteroatoms. The third kappa shape index (κ3) is 3.00. The Hall–Kier alpha value is -0.870. The van der Waals surface area contributed by atoms with Crippen LogP contribution in [0.5, 0.6) is 0 Å². The molecule has 0 aliphatic carbocycles. The maximum Gasteiger partial charge on any atom is 0.161 e. The Kier molecular flexibility index (Phi) is 4.31. The maximum atomic E-state index is 11.8. The molecular weight excluding hydrogens is 304 g/mol. The third-order valence-electron chi connectivity index (χ3n) is 3.92. The normalized spacial score (nSPS) is 23.2. The maximum absolute atomic E-state index is 11.8. The van der Waals surface area contributed by atoms with Crippen LogP contribution in [0.15, 0.2) is 22.7 Å². The van der Waals surface area contributed by atoms with Gasteiger partial charge < -0.3 is 9.80 Å². The summed E-state index contributed by atoms with van der Waals surface area (Å²) in [6.07, 6.45) is 0. The van der Waals surface area contributed by atoms with Gasteiger partial charge in [0.25, 0.3) is 0 Å². The van der Waals surface area contributed by atoms with Crippen molar-refractivity contribution in [1.82, 2.24) is 4.90 Å². The average Bonchev–Trinajstić information content (AvgIpc) is 2.70. The first-order valence-electron chi connectivity index (χ1n) is 6.62. The number of hydrogen-bond donors (Lipinski definition) is 0. The van der Waals surface area contributed by atoms with Crippen LogP contribution >= 0.6 is 15.9 Å². The van der Waals surface area contributed by atoms with E-state index >= 15 is 0 Å². The lowest BCUT2D eigenvalue weighted by molar-refractivity contribution is 0.101. The minimum Gasteiger partial charge on any atom is -0.369 e. The Morgan fingerprint density at radius 2 is 2.05 bits per heavy atom. The molecule has 1 fully saturated rings. The van der Waals surface area contributed by atoms with Gasteiger partial charge in [0.15, 0.2) is 5.78 Å². The Morgan fingerprint density at radius 1 is 1.37 bits per heavy atom.